The fourth-order valence-electron chi connectivity index (χ4n) is 3.91. The standard InChI is InChI=1S/C25H26N4O4/c1-15-21(25(31)33-12-11-32-3)16(2)28-22(15)24(30)29-23(17-7-5-4-6-8-17)18-9-10-19-20(13-18)27-14-26-19/h4-10,13-14,23,28H,11-12H2,1-3H3,(H,26,27)(H,29,30). The van der Waals surface area contributed by atoms with Crippen LogP contribution in [0.3, 0.4) is 0 Å². The van der Waals surface area contributed by atoms with Crippen molar-refractivity contribution in [2.45, 2.75) is 19.9 Å². The first-order chi connectivity index (χ1) is 16.0. The first kappa shape index (κ1) is 22.3. The second-order valence-electron chi connectivity index (χ2n) is 7.75. The predicted molar refractivity (Wildman–Crippen MR) is 124 cm³/mol. The molecule has 0 aliphatic carbocycles. The Labute approximate surface area is 191 Å². The Morgan fingerprint density at radius 1 is 1.06 bits per heavy atom. The first-order valence-corrected chi connectivity index (χ1v) is 10.6. The van der Waals surface area contributed by atoms with Gasteiger partial charge in [-0.05, 0) is 42.7 Å². The number of rotatable bonds is 8. The highest BCUT2D eigenvalue weighted by Gasteiger charge is 2.25. The summed E-state index contributed by atoms with van der Waals surface area (Å²) in [6.07, 6.45) is 1.64. The second kappa shape index (κ2) is 9.70. The van der Waals surface area contributed by atoms with Crippen molar-refractivity contribution in [1.82, 2.24) is 20.3 Å². The zero-order chi connectivity index (χ0) is 23.4. The Morgan fingerprint density at radius 2 is 1.85 bits per heavy atom. The van der Waals surface area contributed by atoms with Crippen LogP contribution in [-0.4, -0.2) is 47.2 Å². The summed E-state index contributed by atoms with van der Waals surface area (Å²) < 4.78 is 10.2. The maximum atomic E-state index is 13.4. The molecule has 1 atom stereocenters. The van der Waals surface area contributed by atoms with E-state index in [2.05, 4.69) is 20.3 Å². The van der Waals surface area contributed by atoms with Crippen LogP contribution in [0.5, 0.6) is 0 Å². The molecule has 33 heavy (non-hydrogen) atoms. The molecule has 1 unspecified atom stereocenters. The van der Waals surface area contributed by atoms with Crippen LogP contribution in [0, 0.1) is 13.8 Å². The van der Waals surface area contributed by atoms with Gasteiger partial charge in [-0.3, -0.25) is 4.79 Å². The minimum atomic E-state index is -0.485. The fourth-order valence-corrected chi connectivity index (χ4v) is 3.91. The van der Waals surface area contributed by atoms with Crippen LogP contribution < -0.4 is 5.32 Å². The van der Waals surface area contributed by atoms with E-state index in [-0.39, 0.29) is 12.5 Å². The Morgan fingerprint density at radius 3 is 2.61 bits per heavy atom. The van der Waals surface area contributed by atoms with Crippen LogP contribution in [0.4, 0.5) is 0 Å². The molecule has 0 saturated heterocycles. The summed E-state index contributed by atoms with van der Waals surface area (Å²) in [4.78, 5) is 36.3. The third kappa shape index (κ3) is 4.65. The monoisotopic (exact) mass is 446 g/mol. The average molecular weight is 447 g/mol. The number of hydrogen-bond acceptors (Lipinski definition) is 5. The van der Waals surface area contributed by atoms with Gasteiger partial charge in [-0.1, -0.05) is 36.4 Å². The predicted octanol–water partition coefficient (Wildman–Crippen LogP) is 3.83. The molecule has 4 aromatic rings. The number of nitrogens with zero attached hydrogens (tertiary/aromatic N) is 1. The van der Waals surface area contributed by atoms with Gasteiger partial charge >= 0.3 is 5.97 Å². The molecule has 0 spiro atoms. The quantitative estimate of drug-likeness (QED) is 0.282. The lowest BCUT2D eigenvalue weighted by Gasteiger charge is -2.20. The van der Waals surface area contributed by atoms with Crippen molar-refractivity contribution in [2.75, 3.05) is 20.3 Å². The Hall–Kier alpha value is -3.91. The molecule has 1 amide bonds. The number of H-pyrrole nitrogens is 2. The zero-order valence-corrected chi connectivity index (χ0v) is 18.8. The van der Waals surface area contributed by atoms with E-state index in [0.29, 0.717) is 29.1 Å². The highest BCUT2D eigenvalue weighted by Crippen LogP contribution is 2.26. The topological polar surface area (TPSA) is 109 Å². The van der Waals surface area contributed by atoms with Crippen molar-refractivity contribution in [3.05, 3.63) is 88.5 Å². The first-order valence-electron chi connectivity index (χ1n) is 10.6. The molecule has 2 heterocycles. The van der Waals surface area contributed by atoms with Crippen LogP contribution in [0.25, 0.3) is 11.0 Å². The summed E-state index contributed by atoms with van der Waals surface area (Å²) in [7, 11) is 1.54. The molecule has 0 saturated carbocycles. The molecule has 170 valence electrons. The molecule has 2 aromatic carbocycles. The lowest BCUT2D eigenvalue weighted by molar-refractivity contribution is 0.0387. The van der Waals surface area contributed by atoms with E-state index in [1.54, 1.807) is 20.2 Å². The van der Waals surface area contributed by atoms with Crippen molar-refractivity contribution in [3.8, 4) is 0 Å². The van der Waals surface area contributed by atoms with E-state index in [0.717, 1.165) is 22.2 Å². The number of aryl methyl sites for hydroxylation is 1. The minimum Gasteiger partial charge on any atom is -0.460 e. The maximum Gasteiger partial charge on any atom is 0.340 e. The molecule has 3 N–H and O–H groups in total. The largest absolute Gasteiger partial charge is 0.460 e. The van der Waals surface area contributed by atoms with Gasteiger partial charge in [0, 0.05) is 12.8 Å². The molecule has 8 heteroatoms. The number of esters is 1. The van der Waals surface area contributed by atoms with E-state index in [4.69, 9.17) is 9.47 Å². The van der Waals surface area contributed by atoms with Gasteiger partial charge in [-0.25, -0.2) is 9.78 Å². The van der Waals surface area contributed by atoms with Gasteiger partial charge in [-0.2, -0.15) is 0 Å². The number of imidazole rings is 1. The van der Waals surface area contributed by atoms with Crippen molar-refractivity contribution in [2.24, 2.45) is 0 Å². The van der Waals surface area contributed by atoms with Crippen LogP contribution in [0.1, 0.15) is 49.3 Å². The zero-order valence-electron chi connectivity index (χ0n) is 18.8. The Kier molecular flexibility index (Phi) is 6.55. The number of aromatic nitrogens is 3. The molecule has 0 bridgehead atoms. The van der Waals surface area contributed by atoms with Gasteiger partial charge < -0.3 is 24.8 Å². The number of fused-ring (bicyclic) bond motifs is 1. The van der Waals surface area contributed by atoms with Crippen molar-refractivity contribution in [3.63, 3.8) is 0 Å². The molecule has 2 aromatic heterocycles. The van der Waals surface area contributed by atoms with E-state index < -0.39 is 12.0 Å². The minimum absolute atomic E-state index is 0.146. The van der Waals surface area contributed by atoms with Crippen molar-refractivity contribution >= 4 is 22.9 Å². The number of amides is 1. The van der Waals surface area contributed by atoms with Gasteiger partial charge in [0.25, 0.3) is 5.91 Å². The number of carbonyl (C=O) groups is 2. The number of hydrogen-bond donors (Lipinski definition) is 3. The molecule has 4 rings (SSSR count). The average Bonchev–Trinajstić information content (AvgIpc) is 3.41. The normalized spacial score (nSPS) is 12.0. The van der Waals surface area contributed by atoms with Crippen LogP contribution in [-0.2, 0) is 9.47 Å². The van der Waals surface area contributed by atoms with Crippen molar-refractivity contribution in [1.29, 1.82) is 0 Å². The van der Waals surface area contributed by atoms with Gasteiger partial charge in [0.05, 0.1) is 35.6 Å². The van der Waals surface area contributed by atoms with E-state index in [1.807, 2.05) is 48.5 Å². The number of ether oxygens (including phenoxy) is 2. The lowest BCUT2D eigenvalue weighted by Crippen LogP contribution is -2.30. The summed E-state index contributed by atoms with van der Waals surface area (Å²) in [5.74, 6) is -0.799. The third-order valence-electron chi connectivity index (χ3n) is 5.58. The number of aromatic amines is 2. The highest BCUT2D eigenvalue weighted by molar-refractivity contribution is 6.00. The van der Waals surface area contributed by atoms with Gasteiger partial charge in [0.1, 0.15) is 12.3 Å². The molecule has 0 aliphatic rings. The summed E-state index contributed by atoms with van der Waals surface area (Å²) in [6.45, 7) is 3.94. The molecular weight excluding hydrogens is 420 g/mol. The SMILES string of the molecule is COCCOC(=O)c1c(C)[nH]c(C(=O)NC(c2ccccc2)c2ccc3nc[nH]c3c2)c1C. The van der Waals surface area contributed by atoms with Crippen LogP contribution in [0.15, 0.2) is 54.9 Å². The smallest absolute Gasteiger partial charge is 0.340 e. The molecule has 0 aliphatic heterocycles. The van der Waals surface area contributed by atoms with E-state index in [1.165, 1.54) is 7.11 Å². The molecule has 0 fully saturated rings. The third-order valence-corrected chi connectivity index (χ3v) is 5.58. The van der Waals surface area contributed by atoms with Gasteiger partial charge in [0.15, 0.2) is 0 Å². The second-order valence-corrected chi connectivity index (χ2v) is 7.75. The summed E-state index contributed by atoms with van der Waals surface area (Å²) >= 11 is 0. The molecule has 0 radical (unpaired) electrons. The van der Waals surface area contributed by atoms with Crippen LogP contribution in [0.2, 0.25) is 0 Å². The number of nitrogens with one attached hydrogen (secondary N) is 3. The van der Waals surface area contributed by atoms with E-state index >= 15 is 0 Å². The number of methoxy groups -OCH3 is 1. The van der Waals surface area contributed by atoms with Crippen LogP contribution >= 0.6 is 0 Å². The fraction of sp³-hybridized carbons (Fsp3) is 0.240. The Bertz CT molecular complexity index is 1280. The number of benzene rings is 2. The van der Waals surface area contributed by atoms with Gasteiger partial charge in [0.2, 0.25) is 0 Å². The maximum absolute atomic E-state index is 13.4. The highest BCUT2D eigenvalue weighted by atomic mass is 16.6. The van der Waals surface area contributed by atoms with Gasteiger partial charge in [-0.15, -0.1) is 0 Å². The lowest BCUT2D eigenvalue weighted by atomic mass is 9.98. The number of carbonyl (C=O) groups excluding carboxylic acids is 2. The summed E-state index contributed by atoms with van der Waals surface area (Å²) in [5.41, 5.74) is 5.40. The Balaban J connectivity index is 1.64. The van der Waals surface area contributed by atoms with E-state index in [9.17, 15) is 9.59 Å². The summed E-state index contributed by atoms with van der Waals surface area (Å²) in [5, 5.41) is 3.12. The molecule has 8 nitrogen and oxygen atoms in total. The van der Waals surface area contributed by atoms with Crippen molar-refractivity contribution < 1.29 is 19.1 Å². The molecular formula is C25H26N4O4. The summed E-state index contributed by atoms with van der Waals surface area (Å²) in [6, 6.07) is 15.2.